The molecule has 2 saturated carbocycles. The number of hydrogen-bond donors (Lipinski definition) is 1. The summed E-state index contributed by atoms with van der Waals surface area (Å²) in [4.78, 5) is 7.15. The summed E-state index contributed by atoms with van der Waals surface area (Å²) in [6, 6.07) is 0.699. The Labute approximate surface area is 140 Å². The van der Waals surface area contributed by atoms with E-state index < -0.39 is 0 Å². The number of likely N-dealkylation sites (tertiary alicyclic amines) is 1. The molecule has 128 valence electrons. The third-order valence-electron chi connectivity index (χ3n) is 7.37. The van der Waals surface area contributed by atoms with Gasteiger partial charge in [0.2, 0.25) is 0 Å². The van der Waals surface area contributed by atoms with Crippen LogP contribution in [0.4, 0.5) is 0 Å². The first kappa shape index (κ1) is 14.6. The van der Waals surface area contributed by atoms with Crippen LogP contribution in [0, 0.1) is 23.7 Å². The average Bonchev–Trinajstić information content (AvgIpc) is 2.94. The van der Waals surface area contributed by atoms with Crippen LogP contribution in [-0.4, -0.2) is 49.2 Å². The zero-order chi connectivity index (χ0) is 15.4. The topological polar surface area (TPSA) is 36.9 Å². The Kier molecular flexibility index (Phi) is 3.57. The summed E-state index contributed by atoms with van der Waals surface area (Å²) < 4.78 is 6.10. The maximum Gasteiger partial charge on any atom is 0.193 e. The second-order valence-electron chi connectivity index (χ2n) is 8.62. The summed E-state index contributed by atoms with van der Waals surface area (Å²) >= 11 is 0. The van der Waals surface area contributed by atoms with Gasteiger partial charge in [-0.1, -0.05) is 32.1 Å². The number of fused-ring (bicyclic) bond motifs is 5. The monoisotopic (exact) mass is 317 g/mol. The van der Waals surface area contributed by atoms with Crippen LogP contribution in [0.2, 0.25) is 0 Å². The molecule has 6 atom stereocenters. The largest absolute Gasteiger partial charge is 0.374 e. The second kappa shape index (κ2) is 5.65. The van der Waals surface area contributed by atoms with E-state index in [1.54, 1.807) is 0 Å². The maximum atomic E-state index is 6.10. The average molecular weight is 317 g/mol. The summed E-state index contributed by atoms with van der Waals surface area (Å²) in [5.41, 5.74) is 0. The predicted molar refractivity (Wildman–Crippen MR) is 91.4 cm³/mol. The maximum absolute atomic E-state index is 6.10. The van der Waals surface area contributed by atoms with Gasteiger partial charge in [0.1, 0.15) is 0 Å². The Hall–Kier alpha value is -0.770. The van der Waals surface area contributed by atoms with Crippen LogP contribution in [0.25, 0.3) is 0 Å². The van der Waals surface area contributed by atoms with Crippen molar-refractivity contribution >= 4 is 5.96 Å². The Morgan fingerprint density at radius 3 is 2.30 bits per heavy atom. The summed E-state index contributed by atoms with van der Waals surface area (Å²) in [7, 11) is 1.96. The molecule has 0 radical (unpaired) electrons. The van der Waals surface area contributed by atoms with Crippen molar-refractivity contribution < 1.29 is 4.74 Å². The highest BCUT2D eigenvalue weighted by atomic mass is 16.5. The fourth-order valence-corrected chi connectivity index (χ4v) is 6.06. The van der Waals surface area contributed by atoms with E-state index in [0.717, 1.165) is 36.8 Å². The lowest BCUT2D eigenvalue weighted by Crippen LogP contribution is -2.43. The van der Waals surface area contributed by atoms with Gasteiger partial charge in [0.15, 0.2) is 5.96 Å². The summed E-state index contributed by atoms with van der Waals surface area (Å²) in [6.07, 6.45) is 12.4. The van der Waals surface area contributed by atoms with Crippen molar-refractivity contribution in [2.24, 2.45) is 28.7 Å². The van der Waals surface area contributed by atoms with E-state index in [1.165, 1.54) is 57.3 Å². The summed E-state index contributed by atoms with van der Waals surface area (Å²) in [5.74, 6) is 4.61. The zero-order valence-electron chi connectivity index (χ0n) is 14.4. The molecule has 23 heavy (non-hydrogen) atoms. The van der Waals surface area contributed by atoms with Gasteiger partial charge in [-0.05, 0) is 31.1 Å². The molecule has 0 amide bonds. The van der Waals surface area contributed by atoms with Crippen LogP contribution in [0.5, 0.6) is 0 Å². The van der Waals surface area contributed by atoms with Gasteiger partial charge < -0.3 is 15.0 Å². The molecular weight excluding hydrogens is 286 g/mol. The predicted octanol–water partition coefficient (Wildman–Crippen LogP) is 2.64. The SMILES string of the molecule is CN=C(NC1CC1C1CCCCC1)N1CC2C3CCC(O3)C2C1. The summed E-state index contributed by atoms with van der Waals surface area (Å²) in [6.45, 7) is 2.32. The third kappa shape index (κ3) is 2.48. The van der Waals surface area contributed by atoms with Crippen molar-refractivity contribution in [3.8, 4) is 0 Å². The number of rotatable bonds is 2. The smallest absolute Gasteiger partial charge is 0.193 e. The van der Waals surface area contributed by atoms with E-state index in [0.29, 0.717) is 18.2 Å². The molecule has 4 heteroatoms. The third-order valence-corrected chi connectivity index (χ3v) is 7.37. The first-order valence-corrected chi connectivity index (χ1v) is 9.97. The highest BCUT2D eigenvalue weighted by molar-refractivity contribution is 5.81. The van der Waals surface area contributed by atoms with Gasteiger partial charge in [-0.25, -0.2) is 0 Å². The second-order valence-corrected chi connectivity index (χ2v) is 8.62. The number of aliphatic imine (C=N–C) groups is 1. The van der Waals surface area contributed by atoms with Crippen molar-refractivity contribution in [3.63, 3.8) is 0 Å². The minimum Gasteiger partial charge on any atom is -0.374 e. The van der Waals surface area contributed by atoms with Gasteiger partial charge in [0.25, 0.3) is 0 Å². The van der Waals surface area contributed by atoms with Crippen LogP contribution in [0.15, 0.2) is 4.99 Å². The van der Waals surface area contributed by atoms with Gasteiger partial charge in [-0.3, -0.25) is 4.99 Å². The standard InChI is InChI=1S/C19H31N3O/c1-20-19(21-16-9-13(16)12-5-3-2-4-6-12)22-10-14-15(11-22)18-8-7-17(14)23-18/h12-18H,2-11H2,1H3,(H,20,21). The highest BCUT2D eigenvalue weighted by Gasteiger charge is 2.54. The number of nitrogens with one attached hydrogen (secondary N) is 1. The molecule has 3 heterocycles. The highest BCUT2D eigenvalue weighted by Crippen LogP contribution is 2.48. The van der Waals surface area contributed by atoms with Crippen molar-refractivity contribution in [1.29, 1.82) is 0 Å². The van der Waals surface area contributed by atoms with Crippen molar-refractivity contribution in [2.75, 3.05) is 20.1 Å². The van der Waals surface area contributed by atoms with E-state index in [-0.39, 0.29) is 0 Å². The molecule has 6 unspecified atom stereocenters. The molecule has 5 fully saturated rings. The van der Waals surface area contributed by atoms with Gasteiger partial charge in [-0.2, -0.15) is 0 Å². The van der Waals surface area contributed by atoms with E-state index >= 15 is 0 Å². The molecule has 5 aliphatic rings. The lowest BCUT2D eigenvalue weighted by atomic mass is 9.82. The molecule has 2 aliphatic carbocycles. The van der Waals surface area contributed by atoms with E-state index in [2.05, 4.69) is 15.2 Å². The van der Waals surface area contributed by atoms with Crippen LogP contribution >= 0.6 is 0 Å². The van der Waals surface area contributed by atoms with Crippen molar-refractivity contribution in [1.82, 2.24) is 10.2 Å². The molecule has 1 N–H and O–H groups in total. The first-order chi connectivity index (χ1) is 11.3. The minimum absolute atomic E-state index is 0.545. The molecule has 0 spiro atoms. The number of ether oxygens (including phenoxy) is 1. The molecule has 5 rings (SSSR count). The molecule has 3 saturated heterocycles. The minimum atomic E-state index is 0.545. The number of nitrogens with zero attached hydrogens (tertiary/aromatic N) is 2. The molecule has 2 bridgehead atoms. The first-order valence-electron chi connectivity index (χ1n) is 9.97. The Morgan fingerprint density at radius 1 is 0.957 bits per heavy atom. The molecular formula is C19H31N3O. The molecule has 0 aromatic heterocycles. The van der Waals surface area contributed by atoms with Crippen molar-refractivity contribution in [3.05, 3.63) is 0 Å². The Morgan fingerprint density at radius 2 is 1.65 bits per heavy atom. The zero-order valence-corrected chi connectivity index (χ0v) is 14.4. The molecule has 0 aromatic carbocycles. The molecule has 0 aromatic rings. The van der Waals surface area contributed by atoms with E-state index in [4.69, 9.17) is 4.74 Å². The quantitative estimate of drug-likeness (QED) is 0.628. The van der Waals surface area contributed by atoms with Gasteiger partial charge in [0.05, 0.1) is 12.2 Å². The fourth-order valence-electron chi connectivity index (χ4n) is 6.06. The van der Waals surface area contributed by atoms with Crippen LogP contribution in [0.3, 0.4) is 0 Å². The van der Waals surface area contributed by atoms with Gasteiger partial charge >= 0.3 is 0 Å². The van der Waals surface area contributed by atoms with Crippen LogP contribution in [0.1, 0.15) is 51.4 Å². The van der Waals surface area contributed by atoms with E-state index in [9.17, 15) is 0 Å². The lowest BCUT2D eigenvalue weighted by Gasteiger charge is -2.25. The van der Waals surface area contributed by atoms with Gasteiger partial charge in [-0.15, -0.1) is 0 Å². The van der Waals surface area contributed by atoms with Crippen LogP contribution in [-0.2, 0) is 4.74 Å². The van der Waals surface area contributed by atoms with Crippen LogP contribution < -0.4 is 5.32 Å². The normalized spacial score (nSPS) is 46.3. The number of hydrogen-bond acceptors (Lipinski definition) is 2. The lowest BCUT2D eigenvalue weighted by molar-refractivity contribution is 0.0767. The fraction of sp³-hybridized carbons (Fsp3) is 0.947. The molecule has 3 aliphatic heterocycles. The van der Waals surface area contributed by atoms with E-state index in [1.807, 2.05) is 7.05 Å². The Bertz CT molecular complexity index is 469. The van der Waals surface area contributed by atoms with Gasteiger partial charge in [0, 0.05) is 38.0 Å². The summed E-state index contributed by atoms with van der Waals surface area (Å²) in [5, 5.41) is 3.80. The molecule has 4 nitrogen and oxygen atoms in total. The number of guanidine groups is 1. The Balaban J connectivity index is 1.18. The van der Waals surface area contributed by atoms with Crippen molar-refractivity contribution in [2.45, 2.75) is 69.6 Å².